The molecule has 0 spiro atoms. The van der Waals surface area contributed by atoms with Crippen molar-refractivity contribution in [1.82, 2.24) is 10.2 Å². The fourth-order valence-electron chi connectivity index (χ4n) is 1.76. The number of hydrogen-bond donors (Lipinski definition) is 1. The van der Waals surface area contributed by atoms with Crippen LogP contribution in [0.15, 0.2) is 4.34 Å². The van der Waals surface area contributed by atoms with Crippen molar-refractivity contribution in [3.8, 4) is 0 Å². The van der Waals surface area contributed by atoms with Gasteiger partial charge in [0.1, 0.15) is 5.78 Å². The standard InChI is InChI=1S/C11H17N3OS2/c1-2-7-12-10-13-14-11(17-10)16-9-6-4-3-5-8(9)15/h9H,2-7H2,1H3,(H,12,13)/t9-/m0/s1. The van der Waals surface area contributed by atoms with E-state index in [2.05, 4.69) is 22.4 Å². The van der Waals surface area contributed by atoms with Crippen molar-refractivity contribution in [1.29, 1.82) is 0 Å². The summed E-state index contributed by atoms with van der Waals surface area (Å²) in [5.41, 5.74) is 0. The Bertz CT molecular complexity index is 381. The molecule has 0 amide bonds. The van der Waals surface area contributed by atoms with Crippen LogP contribution in [0.5, 0.6) is 0 Å². The maximum Gasteiger partial charge on any atom is 0.206 e. The van der Waals surface area contributed by atoms with Gasteiger partial charge in [-0.2, -0.15) is 0 Å². The average molecular weight is 271 g/mol. The summed E-state index contributed by atoms with van der Waals surface area (Å²) in [5, 5.41) is 12.4. The summed E-state index contributed by atoms with van der Waals surface area (Å²) >= 11 is 3.13. The van der Waals surface area contributed by atoms with Crippen LogP contribution < -0.4 is 5.32 Å². The number of carbonyl (C=O) groups is 1. The molecule has 1 fully saturated rings. The van der Waals surface area contributed by atoms with Crippen molar-refractivity contribution in [2.24, 2.45) is 0 Å². The molecule has 6 heteroatoms. The first-order valence-corrected chi connectivity index (χ1v) is 7.76. The number of ketones is 1. The Labute approximate surface area is 110 Å². The van der Waals surface area contributed by atoms with Gasteiger partial charge in [0.15, 0.2) is 4.34 Å². The van der Waals surface area contributed by atoms with Gasteiger partial charge < -0.3 is 5.32 Å². The van der Waals surface area contributed by atoms with Gasteiger partial charge in [0, 0.05) is 13.0 Å². The van der Waals surface area contributed by atoms with Crippen molar-refractivity contribution in [2.45, 2.75) is 48.6 Å². The van der Waals surface area contributed by atoms with Crippen LogP contribution in [-0.2, 0) is 4.79 Å². The van der Waals surface area contributed by atoms with E-state index >= 15 is 0 Å². The topological polar surface area (TPSA) is 54.9 Å². The third-order valence-electron chi connectivity index (χ3n) is 2.67. The molecule has 1 aliphatic carbocycles. The van der Waals surface area contributed by atoms with E-state index in [0.29, 0.717) is 5.78 Å². The Morgan fingerprint density at radius 2 is 2.35 bits per heavy atom. The highest BCUT2D eigenvalue weighted by molar-refractivity contribution is 8.02. The molecule has 1 aliphatic rings. The van der Waals surface area contributed by atoms with Crippen LogP contribution in [0.1, 0.15) is 39.0 Å². The zero-order chi connectivity index (χ0) is 12.1. The third-order valence-corrected chi connectivity index (χ3v) is 4.96. The lowest BCUT2D eigenvalue weighted by Crippen LogP contribution is -2.21. The number of aromatic nitrogens is 2. The molecule has 17 heavy (non-hydrogen) atoms. The van der Waals surface area contributed by atoms with Crippen LogP contribution in [0.3, 0.4) is 0 Å². The molecule has 0 aromatic carbocycles. The lowest BCUT2D eigenvalue weighted by molar-refractivity contribution is -0.119. The first-order valence-electron chi connectivity index (χ1n) is 6.06. The lowest BCUT2D eigenvalue weighted by atomic mass is 9.99. The quantitative estimate of drug-likeness (QED) is 0.892. The van der Waals surface area contributed by atoms with Crippen LogP contribution in [0, 0.1) is 0 Å². The van der Waals surface area contributed by atoms with E-state index in [9.17, 15) is 4.79 Å². The summed E-state index contributed by atoms with van der Waals surface area (Å²) in [4.78, 5) is 11.7. The number of nitrogens with one attached hydrogen (secondary N) is 1. The van der Waals surface area contributed by atoms with E-state index in [-0.39, 0.29) is 5.25 Å². The van der Waals surface area contributed by atoms with Crippen molar-refractivity contribution in [3.05, 3.63) is 0 Å². The molecule has 1 N–H and O–H groups in total. The third kappa shape index (κ3) is 3.67. The van der Waals surface area contributed by atoms with Crippen LogP contribution in [-0.4, -0.2) is 27.8 Å². The molecule has 1 aromatic heterocycles. The van der Waals surface area contributed by atoms with Gasteiger partial charge in [-0.1, -0.05) is 36.4 Å². The largest absolute Gasteiger partial charge is 0.360 e. The summed E-state index contributed by atoms with van der Waals surface area (Å²) in [6.45, 7) is 3.03. The van der Waals surface area contributed by atoms with Crippen molar-refractivity contribution < 1.29 is 4.79 Å². The Kier molecular flexibility index (Phi) is 4.79. The molecule has 1 atom stereocenters. The molecule has 4 nitrogen and oxygen atoms in total. The van der Waals surface area contributed by atoms with Crippen LogP contribution >= 0.6 is 23.1 Å². The molecule has 0 bridgehead atoms. The van der Waals surface area contributed by atoms with Gasteiger partial charge in [-0.25, -0.2) is 0 Å². The van der Waals surface area contributed by atoms with E-state index in [4.69, 9.17) is 0 Å². The summed E-state index contributed by atoms with van der Waals surface area (Å²) in [6, 6.07) is 0. The Morgan fingerprint density at radius 3 is 3.12 bits per heavy atom. The van der Waals surface area contributed by atoms with Crippen molar-refractivity contribution >= 4 is 34.0 Å². The fraction of sp³-hybridized carbons (Fsp3) is 0.727. The van der Waals surface area contributed by atoms with Gasteiger partial charge in [-0.05, 0) is 19.3 Å². The molecule has 2 rings (SSSR count). The molecular weight excluding hydrogens is 254 g/mol. The van der Waals surface area contributed by atoms with Gasteiger partial charge in [-0.15, -0.1) is 10.2 Å². The molecule has 0 unspecified atom stereocenters. The van der Waals surface area contributed by atoms with Crippen molar-refractivity contribution in [3.63, 3.8) is 0 Å². The SMILES string of the molecule is CCCNc1nnc(S[C@H]2CCCCC2=O)s1. The summed E-state index contributed by atoms with van der Waals surface area (Å²) in [7, 11) is 0. The Morgan fingerprint density at radius 1 is 1.47 bits per heavy atom. The maximum atomic E-state index is 11.7. The number of Topliss-reactive ketones (excluding diaryl/α,β-unsaturated/α-hetero) is 1. The summed E-state index contributed by atoms with van der Waals surface area (Å²) in [5.74, 6) is 0.375. The average Bonchev–Trinajstić information content (AvgIpc) is 2.77. The highest BCUT2D eigenvalue weighted by atomic mass is 32.2. The number of carbonyl (C=O) groups excluding carboxylic acids is 1. The number of rotatable bonds is 5. The van der Waals surface area contributed by atoms with Crippen LogP contribution in [0.25, 0.3) is 0 Å². The second-order valence-electron chi connectivity index (χ2n) is 4.12. The Balaban J connectivity index is 1.89. The normalized spacial score (nSPS) is 20.5. The predicted octanol–water partition coefficient (Wildman–Crippen LogP) is 2.96. The lowest BCUT2D eigenvalue weighted by Gasteiger charge is -2.17. The zero-order valence-corrected chi connectivity index (χ0v) is 11.6. The zero-order valence-electron chi connectivity index (χ0n) is 9.94. The van der Waals surface area contributed by atoms with Crippen LogP contribution in [0.2, 0.25) is 0 Å². The molecular formula is C11H17N3OS2. The summed E-state index contributed by atoms with van der Waals surface area (Å²) < 4.78 is 0.906. The molecule has 1 aromatic rings. The van der Waals surface area contributed by atoms with Gasteiger partial charge in [-0.3, -0.25) is 4.79 Å². The smallest absolute Gasteiger partial charge is 0.206 e. The molecule has 1 heterocycles. The molecule has 94 valence electrons. The number of thioether (sulfide) groups is 1. The number of hydrogen-bond acceptors (Lipinski definition) is 6. The van der Waals surface area contributed by atoms with E-state index in [1.807, 2.05) is 0 Å². The fourth-order valence-corrected chi connectivity index (χ4v) is 3.90. The van der Waals surface area contributed by atoms with Crippen LogP contribution in [0.4, 0.5) is 5.13 Å². The highest BCUT2D eigenvalue weighted by Crippen LogP contribution is 2.34. The van der Waals surface area contributed by atoms with Gasteiger partial charge in [0.05, 0.1) is 5.25 Å². The predicted molar refractivity (Wildman–Crippen MR) is 71.8 cm³/mol. The minimum absolute atomic E-state index is 0.107. The van der Waals surface area contributed by atoms with E-state index in [1.54, 1.807) is 23.1 Å². The molecule has 0 radical (unpaired) electrons. The van der Waals surface area contributed by atoms with Crippen molar-refractivity contribution in [2.75, 3.05) is 11.9 Å². The van der Waals surface area contributed by atoms with E-state index in [0.717, 1.165) is 48.1 Å². The molecule has 0 aliphatic heterocycles. The summed E-state index contributed by atoms with van der Waals surface area (Å²) in [6.07, 6.45) is 5.00. The first kappa shape index (κ1) is 12.8. The number of anilines is 1. The Hall–Kier alpha value is -0.620. The van der Waals surface area contributed by atoms with E-state index < -0.39 is 0 Å². The minimum atomic E-state index is 0.107. The second kappa shape index (κ2) is 6.35. The molecule has 1 saturated carbocycles. The minimum Gasteiger partial charge on any atom is -0.360 e. The number of nitrogens with zero attached hydrogens (tertiary/aromatic N) is 2. The van der Waals surface area contributed by atoms with Gasteiger partial charge in [0.25, 0.3) is 0 Å². The van der Waals surface area contributed by atoms with Gasteiger partial charge in [0.2, 0.25) is 5.13 Å². The van der Waals surface area contributed by atoms with Gasteiger partial charge >= 0.3 is 0 Å². The first-order chi connectivity index (χ1) is 8.29. The molecule has 0 saturated heterocycles. The highest BCUT2D eigenvalue weighted by Gasteiger charge is 2.24. The van der Waals surface area contributed by atoms with E-state index in [1.165, 1.54) is 0 Å². The second-order valence-corrected chi connectivity index (χ2v) is 6.55. The maximum absolute atomic E-state index is 11.7. The monoisotopic (exact) mass is 271 g/mol.